The second-order valence-corrected chi connectivity index (χ2v) is 2.51. The van der Waals surface area contributed by atoms with Crippen LogP contribution in [-0.2, 0) is 0 Å². The molecule has 0 saturated heterocycles. The Morgan fingerprint density at radius 3 is 1.78 bits per heavy atom. The number of allylic oxidation sites excluding steroid dienone is 3. The molecule has 0 fully saturated rings. The van der Waals surface area contributed by atoms with Gasteiger partial charge in [0.1, 0.15) is 0 Å². The minimum Gasteiger partial charge on any atom is -0.159 e. The van der Waals surface area contributed by atoms with E-state index < -0.39 is 0 Å². The van der Waals surface area contributed by atoms with Crippen LogP contribution < -0.4 is 0 Å². The molecule has 1 heterocycles. The summed E-state index contributed by atoms with van der Waals surface area (Å²) in [6.45, 7) is 16.0. The molecule has 0 unspecified atom stereocenters. The molecule has 0 amide bonds. The third kappa shape index (κ3) is 12.6. The second-order valence-electron chi connectivity index (χ2n) is 2.51. The van der Waals surface area contributed by atoms with E-state index in [9.17, 15) is 0 Å². The molecule has 1 aromatic rings. The van der Waals surface area contributed by atoms with Crippen LogP contribution in [0.5, 0.6) is 0 Å². The smallest absolute Gasteiger partial charge is 0.0571 e. The van der Waals surface area contributed by atoms with Gasteiger partial charge in [0, 0.05) is 0 Å². The zero-order valence-electron chi connectivity index (χ0n) is 13.4. The van der Waals surface area contributed by atoms with Crippen LogP contribution in [0, 0.1) is 6.92 Å². The molecule has 1 rings (SSSR count). The minimum absolute atomic E-state index is 1.11. The van der Waals surface area contributed by atoms with Gasteiger partial charge in [0.25, 0.3) is 0 Å². The first-order valence-corrected chi connectivity index (χ1v) is 6.91. The molecular formula is C16H30N2. The van der Waals surface area contributed by atoms with E-state index in [1.54, 1.807) is 12.4 Å². The zero-order valence-corrected chi connectivity index (χ0v) is 13.4. The molecule has 0 aliphatic carbocycles. The normalized spacial score (nSPS) is 8.67. The lowest BCUT2D eigenvalue weighted by Crippen LogP contribution is -1.85. The van der Waals surface area contributed by atoms with Crippen LogP contribution in [0.25, 0.3) is 6.08 Å². The molecule has 0 aliphatic heterocycles. The van der Waals surface area contributed by atoms with Crippen molar-refractivity contribution in [1.29, 1.82) is 0 Å². The van der Waals surface area contributed by atoms with E-state index >= 15 is 0 Å². The summed E-state index contributed by atoms with van der Waals surface area (Å²) in [6.07, 6.45) is 11.5. The number of aromatic nitrogens is 2. The second kappa shape index (κ2) is 20.9. The maximum atomic E-state index is 3.80. The average Bonchev–Trinajstić information content (AvgIpc) is 2.48. The van der Waals surface area contributed by atoms with Crippen molar-refractivity contribution < 1.29 is 0 Å². The highest BCUT2D eigenvalue weighted by molar-refractivity contribution is 5.52. The fourth-order valence-electron chi connectivity index (χ4n) is 0.837. The Morgan fingerprint density at radius 1 is 0.833 bits per heavy atom. The highest BCUT2D eigenvalue weighted by Crippen LogP contribution is 2.05. The average molecular weight is 250 g/mol. The third-order valence-corrected chi connectivity index (χ3v) is 1.55. The first-order valence-electron chi connectivity index (χ1n) is 6.91. The van der Waals surface area contributed by atoms with Crippen LogP contribution in [0.4, 0.5) is 0 Å². The summed E-state index contributed by atoms with van der Waals surface area (Å²) >= 11 is 0. The lowest BCUT2D eigenvalue weighted by atomic mass is 10.2. The van der Waals surface area contributed by atoms with E-state index in [0.717, 1.165) is 11.1 Å². The largest absolute Gasteiger partial charge is 0.159 e. The van der Waals surface area contributed by atoms with Crippen LogP contribution >= 0.6 is 0 Å². The van der Waals surface area contributed by atoms with Crippen molar-refractivity contribution in [2.45, 2.75) is 55.4 Å². The van der Waals surface area contributed by atoms with Crippen LogP contribution in [0.15, 0.2) is 30.6 Å². The summed E-state index contributed by atoms with van der Waals surface area (Å²) in [7, 11) is 0. The summed E-state index contributed by atoms with van der Waals surface area (Å²) in [6, 6.07) is 0. The van der Waals surface area contributed by atoms with Gasteiger partial charge in [-0.3, -0.25) is 0 Å². The molecule has 0 atom stereocenters. The monoisotopic (exact) mass is 250 g/mol. The zero-order chi connectivity index (χ0) is 14.8. The van der Waals surface area contributed by atoms with Gasteiger partial charge in [-0.2, -0.15) is 10.2 Å². The predicted octanol–water partition coefficient (Wildman–Crippen LogP) is 5.45. The fourth-order valence-corrected chi connectivity index (χ4v) is 0.837. The van der Waals surface area contributed by atoms with Crippen molar-refractivity contribution >= 4 is 6.08 Å². The Hall–Kier alpha value is -1.44. The van der Waals surface area contributed by atoms with Gasteiger partial charge in [0.05, 0.1) is 12.4 Å². The van der Waals surface area contributed by atoms with Gasteiger partial charge < -0.3 is 0 Å². The van der Waals surface area contributed by atoms with Crippen molar-refractivity contribution in [2.24, 2.45) is 0 Å². The Kier molecular flexibility index (Phi) is 25.3. The topological polar surface area (TPSA) is 25.8 Å². The summed E-state index contributed by atoms with van der Waals surface area (Å²) in [5.41, 5.74) is 2.26. The summed E-state index contributed by atoms with van der Waals surface area (Å²) in [5.74, 6) is 0. The lowest BCUT2D eigenvalue weighted by Gasteiger charge is -1.94. The SMILES string of the molecule is C/C=C\C=C/c1cnncc1C.CC.CC.CC. The van der Waals surface area contributed by atoms with Crippen LogP contribution in [-0.4, -0.2) is 10.2 Å². The molecule has 2 heteroatoms. The molecule has 0 aliphatic rings. The van der Waals surface area contributed by atoms with Crippen LogP contribution in [0.1, 0.15) is 59.6 Å². The van der Waals surface area contributed by atoms with Gasteiger partial charge in [-0.1, -0.05) is 65.8 Å². The van der Waals surface area contributed by atoms with E-state index in [2.05, 4.69) is 10.2 Å². The van der Waals surface area contributed by atoms with Gasteiger partial charge in [-0.25, -0.2) is 0 Å². The molecule has 0 N–H and O–H groups in total. The van der Waals surface area contributed by atoms with E-state index in [1.807, 2.05) is 79.7 Å². The standard InChI is InChI=1S/C10H12N2.3C2H6/c1-3-4-5-6-10-8-12-11-7-9(10)2;3*1-2/h3-8H,1-2H3;3*1-2H3/b4-3-,6-5-;;;. The quantitative estimate of drug-likeness (QED) is 0.652. The highest BCUT2D eigenvalue weighted by Gasteiger charge is 1.90. The predicted molar refractivity (Wildman–Crippen MR) is 84.7 cm³/mol. The maximum absolute atomic E-state index is 3.80. The van der Waals surface area contributed by atoms with Crippen LogP contribution in [0.2, 0.25) is 0 Å². The van der Waals surface area contributed by atoms with Gasteiger partial charge in [-0.05, 0) is 25.0 Å². The molecule has 1 aromatic heterocycles. The molecule has 104 valence electrons. The van der Waals surface area contributed by atoms with E-state index in [-0.39, 0.29) is 0 Å². The maximum Gasteiger partial charge on any atom is 0.0571 e. The third-order valence-electron chi connectivity index (χ3n) is 1.55. The van der Waals surface area contributed by atoms with Gasteiger partial charge in [0.15, 0.2) is 0 Å². The number of nitrogens with zero attached hydrogens (tertiary/aromatic N) is 2. The molecule has 2 nitrogen and oxygen atoms in total. The number of hydrogen-bond donors (Lipinski definition) is 0. The van der Waals surface area contributed by atoms with Crippen molar-refractivity contribution in [3.63, 3.8) is 0 Å². The summed E-state index contributed by atoms with van der Waals surface area (Å²) in [5, 5.41) is 7.57. The number of rotatable bonds is 2. The minimum atomic E-state index is 1.11. The lowest BCUT2D eigenvalue weighted by molar-refractivity contribution is 1.01. The first-order chi connectivity index (χ1) is 8.84. The molecule has 0 aromatic carbocycles. The fraction of sp³-hybridized carbons (Fsp3) is 0.500. The molecule has 0 saturated carbocycles. The Balaban J connectivity index is -0.000000328. The number of aryl methyl sites for hydroxylation is 1. The highest BCUT2D eigenvalue weighted by atomic mass is 15.1. The van der Waals surface area contributed by atoms with Crippen molar-refractivity contribution in [3.05, 3.63) is 41.7 Å². The number of hydrogen-bond acceptors (Lipinski definition) is 2. The molecule has 0 radical (unpaired) electrons. The van der Waals surface area contributed by atoms with E-state index in [0.29, 0.717) is 0 Å². The van der Waals surface area contributed by atoms with E-state index in [1.165, 1.54) is 0 Å². The Morgan fingerprint density at radius 2 is 1.33 bits per heavy atom. The molecule has 0 spiro atoms. The Bertz CT molecular complexity index is 302. The molecule has 0 bridgehead atoms. The van der Waals surface area contributed by atoms with E-state index in [4.69, 9.17) is 0 Å². The van der Waals surface area contributed by atoms with Crippen molar-refractivity contribution in [2.75, 3.05) is 0 Å². The summed E-state index contributed by atoms with van der Waals surface area (Å²) < 4.78 is 0. The van der Waals surface area contributed by atoms with Crippen molar-refractivity contribution in [3.8, 4) is 0 Å². The van der Waals surface area contributed by atoms with Crippen LogP contribution in [0.3, 0.4) is 0 Å². The summed E-state index contributed by atoms with van der Waals surface area (Å²) in [4.78, 5) is 0. The first kappa shape index (κ1) is 21.8. The van der Waals surface area contributed by atoms with Gasteiger partial charge in [-0.15, -0.1) is 0 Å². The van der Waals surface area contributed by atoms with Gasteiger partial charge in [0.2, 0.25) is 0 Å². The molecular weight excluding hydrogens is 220 g/mol. The Labute approximate surface area is 114 Å². The molecule has 18 heavy (non-hydrogen) atoms. The van der Waals surface area contributed by atoms with Gasteiger partial charge >= 0.3 is 0 Å². The van der Waals surface area contributed by atoms with Crippen molar-refractivity contribution in [1.82, 2.24) is 10.2 Å².